The van der Waals surface area contributed by atoms with Gasteiger partial charge >= 0.3 is 0 Å². The van der Waals surface area contributed by atoms with Gasteiger partial charge in [0.05, 0.1) is 8.07 Å². The van der Waals surface area contributed by atoms with Crippen LogP contribution >= 0.6 is 0 Å². The molecular formula is C29H42NSi+. The van der Waals surface area contributed by atoms with Crippen LogP contribution in [0, 0.1) is 20.8 Å². The second-order valence-electron chi connectivity index (χ2n) is 9.57. The molecule has 1 nitrogen and oxygen atoms in total. The Morgan fingerprint density at radius 2 is 1.58 bits per heavy atom. The highest BCUT2D eigenvalue weighted by Crippen LogP contribution is 2.29. The van der Waals surface area contributed by atoms with Gasteiger partial charge in [0.15, 0.2) is 0 Å². The SMILES string of the molecule is CCCCCC[Si](CC)(CC)c1cccc2c1ccc(-c1cc(C)cc(C)c1C)[n+]2C. The van der Waals surface area contributed by atoms with Gasteiger partial charge in [-0.3, -0.25) is 0 Å². The molecular weight excluding hydrogens is 390 g/mol. The van der Waals surface area contributed by atoms with E-state index >= 15 is 0 Å². The van der Waals surface area contributed by atoms with Crippen LogP contribution < -0.4 is 9.75 Å². The van der Waals surface area contributed by atoms with E-state index < -0.39 is 8.07 Å². The van der Waals surface area contributed by atoms with Crippen LogP contribution in [-0.4, -0.2) is 8.07 Å². The summed E-state index contributed by atoms with van der Waals surface area (Å²) in [5, 5.41) is 3.17. The molecule has 0 aliphatic rings. The number of fused-ring (bicyclic) bond motifs is 1. The number of aryl methyl sites for hydroxylation is 3. The lowest BCUT2D eigenvalue weighted by Gasteiger charge is -2.31. The van der Waals surface area contributed by atoms with E-state index in [-0.39, 0.29) is 0 Å². The topological polar surface area (TPSA) is 3.88 Å². The smallest absolute Gasteiger partial charge is 0.194 e. The van der Waals surface area contributed by atoms with Crippen molar-refractivity contribution in [3.63, 3.8) is 0 Å². The van der Waals surface area contributed by atoms with Crippen LogP contribution in [0.2, 0.25) is 18.1 Å². The van der Waals surface area contributed by atoms with Gasteiger partial charge in [0.25, 0.3) is 0 Å². The number of hydrogen-bond acceptors (Lipinski definition) is 0. The zero-order chi connectivity index (χ0) is 22.6. The first kappa shape index (κ1) is 23.7. The van der Waals surface area contributed by atoms with Gasteiger partial charge in [-0.25, -0.2) is 0 Å². The van der Waals surface area contributed by atoms with Crippen LogP contribution in [0.25, 0.3) is 22.2 Å². The van der Waals surface area contributed by atoms with E-state index in [4.69, 9.17) is 0 Å². The maximum atomic E-state index is 2.46. The minimum absolute atomic E-state index is 1.32. The Bertz CT molecular complexity index is 1050. The second kappa shape index (κ2) is 10.1. The van der Waals surface area contributed by atoms with Gasteiger partial charge in [0.1, 0.15) is 7.05 Å². The van der Waals surface area contributed by atoms with Gasteiger partial charge in [-0.15, -0.1) is 0 Å². The van der Waals surface area contributed by atoms with Gasteiger partial charge in [-0.2, -0.15) is 4.57 Å². The van der Waals surface area contributed by atoms with Crippen LogP contribution in [0.3, 0.4) is 0 Å². The summed E-state index contributed by atoms with van der Waals surface area (Å²) < 4.78 is 2.43. The molecule has 166 valence electrons. The summed E-state index contributed by atoms with van der Waals surface area (Å²) in [6.07, 6.45) is 5.47. The standard InChI is InChI=1S/C29H42NSi/c1-8-11-12-13-19-31(9-2,10-3)29-16-14-15-27-25(29)17-18-28(30(27)7)26-21-22(4)20-23(5)24(26)6/h14-18,20-21H,8-13,19H2,1-7H3/q+1. The van der Waals surface area contributed by atoms with Crippen LogP contribution in [0.5, 0.6) is 0 Å². The molecule has 31 heavy (non-hydrogen) atoms. The third-order valence-electron chi connectivity index (χ3n) is 7.74. The van der Waals surface area contributed by atoms with E-state index in [9.17, 15) is 0 Å². The number of unbranched alkanes of at least 4 members (excludes halogenated alkanes) is 3. The predicted molar refractivity (Wildman–Crippen MR) is 140 cm³/mol. The Hall–Kier alpha value is -1.93. The fourth-order valence-corrected chi connectivity index (χ4v) is 9.87. The Balaban J connectivity index is 2.14. The summed E-state index contributed by atoms with van der Waals surface area (Å²) in [5.74, 6) is 0. The van der Waals surface area contributed by atoms with Crippen molar-refractivity contribution >= 4 is 24.2 Å². The fourth-order valence-electron chi connectivity index (χ4n) is 5.47. The summed E-state index contributed by atoms with van der Waals surface area (Å²) >= 11 is 0. The minimum atomic E-state index is -1.50. The first-order valence-corrected chi connectivity index (χ1v) is 15.0. The van der Waals surface area contributed by atoms with E-state index in [1.54, 1.807) is 5.19 Å². The maximum absolute atomic E-state index is 2.46. The van der Waals surface area contributed by atoms with Crippen molar-refractivity contribution in [1.29, 1.82) is 0 Å². The Kier molecular flexibility index (Phi) is 7.75. The molecule has 0 bridgehead atoms. The molecule has 0 aliphatic carbocycles. The molecule has 0 fully saturated rings. The number of hydrogen-bond donors (Lipinski definition) is 0. The zero-order valence-corrected chi connectivity index (χ0v) is 21.9. The van der Waals surface area contributed by atoms with Gasteiger partial charge in [-0.05, 0) is 49.2 Å². The average molecular weight is 433 g/mol. The molecule has 1 heterocycles. The van der Waals surface area contributed by atoms with Gasteiger partial charge < -0.3 is 0 Å². The van der Waals surface area contributed by atoms with Crippen molar-refractivity contribution in [1.82, 2.24) is 0 Å². The van der Waals surface area contributed by atoms with E-state index in [1.165, 1.54) is 82.7 Å². The van der Waals surface area contributed by atoms with Crippen molar-refractivity contribution in [3.05, 3.63) is 59.2 Å². The molecule has 2 aromatic carbocycles. The van der Waals surface area contributed by atoms with Crippen molar-refractivity contribution in [2.75, 3.05) is 0 Å². The summed E-state index contributed by atoms with van der Waals surface area (Å²) in [6, 6.07) is 20.6. The van der Waals surface area contributed by atoms with E-state index in [0.717, 1.165) is 0 Å². The zero-order valence-electron chi connectivity index (χ0n) is 20.9. The van der Waals surface area contributed by atoms with Crippen LogP contribution in [0.1, 0.15) is 63.1 Å². The molecule has 0 amide bonds. The van der Waals surface area contributed by atoms with Crippen LogP contribution in [-0.2, 0) is 7.05 Å². The number of pyridine rings is 1. The molecule has 3 aromatic rings. The van der Waals surface area contributed by atoms with E-state index in [1.807, 2.05) is 0 Å². The Morgan fingerprint density at radius 1 is 0.839 bits per heavy atom. The van der Waals surface area contributed by atoms with Gasteiger partial charge in [0, 0.05) is 23.1 Å². The summed E-state index contributed by atoms with van der Waals surface area (Å²) in [5.41, 5.74) is 8.15. The van der Waals surface area contributed by atoms with E-state index in [0.29, 0.717) is 0 Å². The first-order valence-electron chi connectivity index (χ1n) is 12.4. The molecule has 0 saturated heterocycles. The average Bonchev–Trinajstić information content (AvgIpc) is 2.77. The second-order valence-corrected chi connectivity index (χ2v) is 14.6. The highest BCUT2D eigenvalue weighted by atomic mass is 28.3. The highest BCUT2D eigenvalue weighted by molar-refractivity contribution is 6.93. The highest BCUT2D eigenvalue weighted by Gasteiger charge is 2.33. The maximum Gasteiger partial charge on any atom is 0.213 e. The fraction of sp³-hybridized carbons (Fsp3) is 0.483. The molecule has 0 radical (unpaired) electrons. The van der Waals surface area contributed by atoms with Crippen molar-refractivity contribution in [3.8, 4) is 11.3 Å². The minimum Gasteiger partial charge on any atom is -0.194 e. The molecule has 0 atom stereocenters. The number of rotatable bonds is 9. The molecule has 2 heteroatoms. The lowest BCUT2D eigenvalue weighted by molar-refractivity contribution is -0.633. The lowest BCUT2D eigenvalue weighted by atomic mass is 9.97. The van der Waals surface area contributed by atoms with Crippen LogP contribution in [0.15, 0.2) is 42.5 Å². The third kappa shape index (κ3) is 4.65. The summed E-state index contributed by atoms with van der Waals surface area (Å²) in [4.78, 5) is 0. The lowest BCUT2D eigenvalue weighted by Crippen LogP contribution is -2.47. The molecule has 1 aromatic heterocycles. The Labute approximate surface area is 191 Å². The predicted octanol–water partition coefficient (Wildman–Crippen LogP) is 7.53. The quantitative estimate of drug-likeness (QED) is 0.187. The van der Waals surface area contributed by atoms with Crippen LogP contribution in [0.4, 0.5) is 0 Å². The summed E-state index contributed by atoms with van der Waals surface area (Å²) in [7, 11) is 0.755. The Morgan fingerprint density at radius 3 is 2.26 bits per heavy atom. The number of aromatic nitrogens is 1. The molecule has 0 N–H and O–H groups in total. The van der Waals surface area contributed by atoms with E-state index in [2.05, 4.69) is 95.6 Å². The van der Waals surface area contributed by atoms with Crippen molar-refractivity contribution < 1.29 is 4.57 Å². The molecule has 0 aliphatic heterocycles. The monoisotopic (exact) mass is 432 g/mol. The molecule has 0 spiro atoms. The number of nitrogens with zero attached hydrogens (tertiary/aromatic N) is 1. The normalized spacial score (nSPS) is 12.0. The van der Waals surface area contributed by atoms with Crippen molar-refractivity contribution in [2.24, 2.45) is 7.05 Å². The van der Waals surface area contributed by atoms with Gasteiger partial charge in [-0.1, -0.05) is 88.3 Å². The van der Waals surface area contributed by atoms with Crippen molar-refractivity contribution in [2.45, 2.75) is 85.4 Å². The molecule has 3 rings (SSSR count). The number of benzene rings is 2. The van der Waals surface area contributed by atoms with Gasteiger partial charge in [0.2, 0.25) is 11.2 Å². The summed E-state index contributed by atoms with van der Waals surface area (Å²) in [6.45, 7) is 13.9. The largest absolute Gasteiger partial charge is 0.213 e. The molecule has 0 unspecified atom stereocenters. The third-order valence-corrected chi connectivity index (χ3v) is 13.3. The first-order chi connectivity index (χ1) is 14.9. The molecule has 0 saturated carbocycles.